The average Bonchev–Trinajstić information content (AvgIpc) is 2.97. The molecular weight excluding hydrogens is 362 g/mol. The van der Waals surface area contributed by atoms with E-state index in [1.54, 1.807) is 0 Å². The van der Waals surface area contributed by atoms with Crippen molar-refractivity contribution >= 4 is 17.0 Å². The smallest absolute Gasteiger partial charge is 0.407 e. The Balaban J connectivity index is 1.96. The molecule has 5 nitrogen and oxygen atoms in total. The highest BCUT2D eigenvalue weighted by Crippen LogP contribution is 2.32. The van der Waals surface area contributed by atoms with Crippen LogP contribution in [0.1, 0.15) is 43.0 Å². The minimum absolute atomic E-state index is 0.428. The van der Waals surface area contributed by atoms with Crippen molar-refractivity contribution in [3.8, 4) is 17.3 Å². The quantitative estimate of drug-likeness (QED) is 0.628. The molecule has 1 heterocycles. The van der Waals surface area contributed by atoms with Gasteiger partial charge in [0.1, 0.15) is 5.60 Å². The largest absolute Gasteiger partial charge is 0.444 e. The average molecular weight is 389 g/mol. The summed E-state index contributed by atoms with van der Waals surface area (Å²) in [5, 5.41) is 13.1. The number of hydrogen-bond donors (Lipinski definition) is 2. The summed E-state index contributed by atoms with van der Waals surface area (Å²) in [6.07, 6.45) is 0.194. The Labute approximate surface area is 171 Å². The van der Waals surface area contributed by atoms with Crippen LogP contribution >= 0.6 is 0 Å². The molecule has 0 radical (unpaired) electrons. The molecule has 2 N–H and O–H groups in total. The van der Waals surface area contributed by atoms with E-state index in [1.807, 2.05) is 39.0 Å². The molecule has 0 spiro atoms. The number of nitrogens with one attached hydrogen (secondary N) is 2. The Bertz CT molecular complexity index is 1080. The van der Waals surface area contributed by atoms with Gasteiger partial charge in [-0.25, -0.2) is 4.79 Å². The number of H-pyrrole nitrogens is 1. The summed E-state index contributed by atoms with van der Waals surface area (Å²) in [5.74, 6) is 0. The number of carbonyl (C=O) groups is 1. The number of hydrogen-bond acceptors (Lipinski definition) is 3. The van der Waals surface area contributed by atoms with Gasteiger partial charge in [-0.05, 0) is 82.5 Å². The molecule has 0 unspecified atom stereocenters. The summed E-state index contributed by atoms with van der Waals surface area (Å²) in [5.41, 5.74) is 6.64. The number of fused-ring (bicyclic) bond motifs is 1. The van der Waals surface area contributed by atoms with E-state index in [1.165, 1.54) is 11.1 Å². The SMILES string of the molecule is Cc1cc(C)cc(-c2[nH]c3ccc(C#N)cc3c2CCNC(=O)OC(C)(C)C)c1. The lowest BCUT2D eigenvalue weighted by atomic mass is 9.99. The Kier molecular flexibility index (Phi) is 5.65. The molecule has 5 heteroatoms. The van der Waals surface area contributed by atoms with Gasteiger partial charge in [-0.1, -0.05) is 17.2 Å². The number of carbonyl (C=O) groups excluding carboxylic acids is 1. The first-order chi connectivity index (χ1) is 13.7. The fourth-order valence-corrected chi connectivity index (χ4v) is 3.55. The van der Waals surface area contributed by atoms with Crippen LogP contribution in [-0.2, 0) is 11.2 Å². The zero-order chi connectivity index (χ0) is 21.2. The maximum Gasteiger partial charge on any atom is 0.407 e. The van der Waals surface area contributed by atoms with Crippen LogP contribution in [0.25, 0.3) is 22.2 Å². The lowest BCUT2D eigenvalue weighted by molar-refractivity contribution is 0.0528. The van der Waals surface area contributed by atoms with E-state index in [0.717, 1.165) is 27.7 Å². The van der Waals surface area contributed by atoms with Crippen LogP contribution in [0.4, 0.5) is 4.79 Å². The van der Waals surface area contributed by atoms with Gasteiger partial charge in [-0.15, -0.1) is 0 Å². The van der Waals surface area contributed by atoms with Crippen molar-refractivity contribution in [2.45, 2.75) is 46.6 Å². The van der Waals surface area contributed by atoms with Crippen molar-refractivity contribution in [3.63, 3.8) is 0 Å². The second-order valence-electron chi connectivity index (χ2n) is 8.41. The summed E-state index contributed by atoms with van der Waals surface area (Å²) in [6.45, 7) is 10.1. The summed E-state index contributed by atoms with van der Waals surface area (Å²) in [6, 6.07) is 14.3. The fraction of sp³-hybridized carbons (Fsp3) is 0.333. The first kappa shape index (κ1) is 20.5. The standard InChI is InChI=1S/C24H27N3O2/c1-15-10-16(2)12-18(11-15)22-19(8-9-26-23(28)29-24(3,4)5)20-13-17(14-25)6-7-21(20)27-22/h6-7,10-13,27H,8-9H2,1-5H3,(H,26,28). The maximum absolute atomic E-state index is 12.0. The maximum atomic E-state index is 12.0. The number of aromatic amines is 1. The Morgan fingerprint density at radius 3 is 2.45 bits per heavy atom. The number of ether oxygens (including phenoxy) is 1. The molecule has 1 amide bonds. The number of alkyl carbamates (subject to hydrolysis) is 1. The van der Waals surface area contributed by atoms with E-state index in [2.05, 4.69) is 48.4 Å². The van der Waals surface area contributed by atoms with E-state index >= 15 is 0 Å². The molecule has 0 fully saturated rings. The highest BCUT2D eigenvalue weighted by atomic mass is 16.6. The topological polar surface area (TPSA) is 77.9 Å². The molecule has 29 heavy (non-hydrogen) atoms. The Hall–Kier alpha value is -3.26. The van der Waals surface area contributed by atoms with Crippen molar-refractivity contribution in [2.75, 3.05) is 6.54 Å². The fourth-order valence-electron chi connectivity index (χ4n) is 3.55. The second kappa shape index (κ2) is 8.00. The van der Waals surface area contributed by atoms with E-state index in [0.29, 0.717) is 18.5 Å². The predicted octanol–water partition coefficient (Wildman–Crippen LogP) is 5.39. The zero-order valence-electron chi connectivity index (χ0n) is 17.6. The molecular formula is C24H27N3O2. The molecule has 0 aliphatic carbocycles. The van der Waals surface area contributed by atoms with Crippen molar-refractivity contribution in [2.24, 2.45) is 0 Å². The summed E-state index contributed by atoms with van der Waals surface area (Å²) >= 11 is 0. The van der Waals surface area contributed by atoms with Gasteiger partial charge < -0.3 is 15.0 Å². The van der Waals surface area contributed by atoms with Gasteiger partial charge in [0.05, 0.1) is 11.6 Å². The van der Waals surface area contributed by atoms with Gasteiger partial charge in [-0.2, -0.15) is 5.26 Å². The summed E-state index contributed by atoms with van der Waals surface area (Å²) in [4.78, 5) is 15.5. The Morgan fingerprint density at radius 1 is 1.14 bits per heavy atom. The van der Waals surface area contributed by atoms with Crippen LogP contribution in [0.5, 0.6) is 0 Å². The number of benzene rings is 2. The lowest BCUT2D eigenvalue weighted by Gasteiger charge is -2.19. The zero-order valence-corrected chi connectivity index (χ0v) is 17.6. The number of amides is 1. The molecule has 0 bridgehead atoms. The van der Waals surface area contributed by atoms with E-state index < -0.39 is 11.7 Å². The van der Waals surface area contributed by atoms with Crippen LogP contribution in [-0.4, -0.2) is 23.2 Å². The van der Waals surface area contributed by atoms with Crippen molar-refractivity contribution in [1.82, 2.24) is 10.3 Å². The second-order valence-corrected chi connectivity index (χ2v) is 8.41. The number of aryl methyl sites for hydroxylation is 2. The van der Waals surface area contributed by atoms with Gasteiger partial charge in [0, 0.05) is 23.1 Å². The van der Waals surface area contributed by atoms with E-state index in [-0.39, 0.29) is 0 Å². The van der Waals surface area contributed by atoms with Gasteiger partial charge in [0.15, 0.2) is 0 Å². The minimum atomic E-state index is -0.531. The molecule has 0 saturated heterocycles. The van der Waals surface area contributed by atoms with E-state index in [9.17, 15) is 10.1 Å². The Morgan fingerprint density at radius 2 is 1.83 bits per heavy atom. The number of rotatable bonds is 4. The first-order valence-electron chi connectivity index (χ1n) is 9.76. The molecule has 0 aliphatic rings. The molecule has 3 rings (SSSR count). The van der Waals surface area contributed by atoms with Gasteiger partial charge >= 0.3 is 6.09 Å². The third kappa shape index (κ3) is 4.97. The van der Waals surface area contributed by atoms with Crippen molar-refractivity contribution in [1.29, 1.82) is 5.26 Å². The van der Waals surface area contributed by atoms with Gasteiger partial charge in [0.25, 0.3) is 0 Å². The number of nitrogens with zero attached hydrogens (tertiary/aromatic N) is 1. The number of aromatic nitrogens is 1. The van der Waals surface area contributed by atoms with Crippen molar-refractivity contribution < 1.29 is 9.53 Å². The van der Waals surface area contributed by atoms with Crippen LogP contribution < -0.4 is 5.32 Å². The third-order valence-corrected chi connectivity index (χ3v) is 4.59. The first-order valence-corrected chi connectivity index (χ1v) is 9.76. The van der Waals surface area contributed by atoms with Gasteiger partial charge in [-0.3, -0.25) is 0 Å². The lowest BCUT2D eigenvalue weighted by Crippen LogP contribution is -2.33. The molecule has 150 valence electrons. The molecule has 0 aliphatic heterocycles. The predicted molar refractivity (Wildman–Crippen MR) is 116 cm³/mol. The monoisotopic (exact) mass is 389 g/mol. The van der Waals surface area contributed by atoms with Crippen LogP contribution in [0.15, 0.2) is 36.4 Å². The highest BCUT2D eigenvalue weighted by molar-refractivity contribution is 5.92. The molecule has 1 aromatic heterocycles. The van der Waals surface area contributed by atoms with Crippen LogP contribution in [0.3, 0.4) is 0 Å². The van der Waals surface area contributed by atoms with E-state index in [4.69, 9.17) is 4.74 Å². The molecule has 3 aromatic rings. The summed E-state index contributed by atoms with van der Waals surface area (Å²) in [7, 11) is 0. The van der Waals surface area contributed by atoms with Crippen molar-refractivity contribution in [3.05, 3.63) is 58.7 Å². The third-order valence-electron chi connectivity index (χ3n) is 4.59. The molecule has 0 atom stereocenters. The number of nitriles is 1. The van der Waals surface area contributed by atoms with Gasteiger partial charge in [0.2, 0.25) is 0 Å². The normalized spacial score (nSPS) is 11.3. The van der Waals surface area contributed by atoms with Crippen LogP contribution in [0, 0.1) is 25.2 Å². The molecule has 2 aromatic carbocycles. The van der Waals surface area contributed by atoms with Crippen LogP contribution in [0.2, 0.25) is 0 Å². The summed E-state index contributed by atoms with van der Waals surface area (Å²) < 4.78 is 5.33. The minimum Gasteiger partial charge on any atom is -0.444 e. The molecule has 0 saturated carbocycles. The highest BCUT2D eigenvalue weighted by Gasteiger charge is 2.17.